The molecule has 208 valence electrons. The van der Waals surface area contributed by atoms with Crippen LogP contribution in [0, 0.1) is 0 Å². The molecule has 0 bridgehead atoms. The quantitative estimate of drug-likeness (QED) is 0.275. The number of nitrogen functional groups attached to an aromatic ring is 1. The van der Waals surface area contributed by atoms with Crippen molar-refractivity contribution in [2.45, 2.75) is 39.3 Å². The first-order valence-electron chi connectivity index (χ1n) is 12.5. The Labute approximate surface area is 225 Å². The predicted molar refractivity (Wildman–Crippen MR) is 143 cm³/mol. The summed E-state index contributed by atoms with van der Waals surface area (Å²) in [6, 6.07) is 10.7. The van der Waals surface area contributed by atoms with E-state index in [9.17, 15) is 23.9 Å². The monoisotopic (exact) mass is 541 g/mol. The van der Waals surface area contributed by atoms with Gasteiger partial charge in [-0.05, 0) is 62.2 Å². The van der Waals surface area contributed by atoms with Gasteiger partial charge in [-0.1, -0.05) is 6.07 Å². The largest absolute Gasteiger partial charge is 0.493 e. The SMILES string of the molecule is CCOC(=O)CC[C@@H](NC(=O)c1ccc(N(CCF)Cc2ccc3nc(N)nc(O)c3c2)cc1)C(=O)OCC. The van der Waals surface area contributed by atoms with Crippen molar-refractivity contribution in [2.75, 3.05) is 37.1 Å². The highest BCUT2D eigenvalue weighted by Gasteiger charge is 2.24. The Morgan fingerprint density at radius 3 is 2.46 bits per heavy atom. The van der Waals surface area contributed by atoms with Gasteiger partial charge < -0.3 is 30.5 Å². The number of alkyl halides is 1. The molecule has 4 N–H and O–H groups in total. The van der Waals surface area contributed by atoms with E-state index >= 15 is 0 Å². The highest BCUT2D eigenvalue weighted by atomic mass is 19.1. The Balaban J connectivity index is 1.73. The molecule has 11 nitrogen and oxygen atoms in total. The number of carbonyl (C=O) groups excluding carboxylic acids is 3. The van der Waals surface area contributed by atoms with Crippen molar-refractivity contribution in [3.8, 4) is 5.88 Å². The topological polar surface area (TPSA) is 157 Å². The van der Waals surface area contributed by atoms with Crippen LogP contribution >= 0.6 is 0 Å². The van der Waals surface area contributed by atoms with E-state index in [0.717, 1.165) is 5.56 Å². The van der Waals surface area contributed by atoms with E-state index in [1.54, 1.807) is 61.2 Å². The molecule has 0 radical (unpaired) electrons. The lowest BCUT2D eigenvalue weighted by Gasteiger charge is -2.24. The van der Waals surface area contributed by atoms with Crippen LogP contribution < -0.4 is 16.0 Å². The van der Waals surface area contributed by atoms with Gasteiger partial charge in [-0.15, -0.1) is 0 Å². The molecule has 12 heteroatoms. The summed E-state index contributed by atoms with van der Waals surface area (Å²) in [7, 11) is 0. The fraction of sp³-hybridized carbons (Fsp3) is 0.370. The number of hydrogen-bond donors (Lipinski definition) is 3. The summed E-state index contributed by atoms with van der Waals surface area (Å²) < 4.78 is 23.3. The Kier molecular flexibility index (Phi) is 10.4. The predicted octanol–water partition coefficient (Wildman–Crippen LogP) is 2.90. The zero-order valence-electron chi connectivity index (χ0n) is 21.9. The van der Waals surface area contributed by atoms with Crippen LogP contribution in [0.25, 0.3) is 10.9 Å². The van der Waals surface area contributed by atoms with Gasteiger partial charge in [0.1, 0.15) is 12.7 Å². The fourth-order valence-corrected chi connectivity index (χ4v) is 3.95. The molecule has 3 rings (SSSR count). The number of nitrogens with one attached hydrogen (secondary N) is 1. The first-order chi connectivity index (χ1) is 18.7. The van der Waals surface area contributed by atoms with E-state index < -0.39 is 30.6 Å². The molecule has 0 aliphatic rings. The van der Waals surface area contributed by atoms with Gasteiger partial charge in [0, 0.05) is 30.8 Å². The number of halogens is 1. The molecule has 0 aliphatic carbocycles. The van der Waals surface area contributed by atoms with Crippen LogP contribution in [0.1, 0.15) is 42.6 Å². The number of nitrogens with two attached hydrogens (primary N) is 1. The Hall–Kier alpha value is -4.48. The van der Waals surface area contributed by atoms with Crippen LogP contribution in [-0.4, -0.2) is 65.4 Å². The number of hydrogen-bond acceptors (Lipinski definition) is 10. The molecular weight excluding hydrogens is 509 g/mol. The van der Waals surface area contributed by atoms with E-state index in [2.05, 4.69) is 15.3 Å². The van der Waals surface area contributed by atoms with Crippen molar-refractivity contribution in [3.63, 3.8) is 0 Å². The summed E-state index contributed by atoms with van der Waals surface area (Å²) in [4.78, 5) is 46.5. The number of fused-ring (bicyclic) bond motifs is 1. The van der Waals surface area contributed by atoms with Gasteiger partial charge in [0.25, 0.3) is 5.91 Å². The first kappa shape index (κ1) is 29.1. The molecule has 0 fully saturated rings. The molecular formula is C27H32FN5O6. The second-order valence-electron chi connectivity index (χ2n) is 8.54. The summed E-state index contributed by atoms with van der Waals surface area (Å²) in [5.74, 6) is -1.92. The third-order valence-electron chi connectivity index (χ3n) is 5.80. The summed E-state index contributed by atoms with van der Waals surface area (Å²) in [6.07, 6.45) is -0.0223. The lowest BCUT2D eigenvalue weighted by atomic mass is 10.1. The number of esters is 2. The molecule has 1 heterocycles. The molecule has 0 unspecified atom stereocenters. The third kappa shape index (κ3) is 8.00. The lowest BCUT2D eigenvalue weighted by molar-refractivity contribution is -0.146. The average molecular weight is 542 g/mol. The molecule has 1 atom stereocenters. The number of carbonyl (C=O) groups is 3. The van der Waals surface area contributed by atoms with Gasteiger partial charge in [-0.25, -0.2) is 14.2 Å². The van der Waals surface area contributed by atoms with E-state index in [-0.39, 0.29) is 50.0 Å². The van der Waals surface area contributed by atoms with Gasteiger partial charge in [-0.3, -0.25) is 9.59 Å². The van der Waals surface area contributed by atoms with Crippen LogP contribution in [-0.2, 0) is 25.6 Å². The number of rotatable bonds is 13. The van der Waals surface area contributed by atoms with E-state index in [1.807, 2.05) is 0 Å². The molecule has 3 aromatic rings. The van der Waals surface area contributed by atoms with Gasteiger partial charge in [0.05, 0.1) is 24.1 Å². The van der Waals surface area contributed by atoms with Crippen LogP contribution in [0.5, 0.6) is 5.88 Å². The average Bonchev–Trinajstić information content (AvgIpc) is 2.91. The summed E-state index contributed by atoms with van der Waals surface area (Å²) in [5, 5.41) is 13.2. The number of anilines is 2. The highest BCUT2D eigenvalue weighted by Crippen LogP contribution is 2.25. The van der Waals surface area contributed by atoms with Crippen molar-refractivity contribution in [1.82, 2.24) is 15.3 Å². The van der Waals surface area contributed by atoms with Crippen LogP contribution in [0.4, 0.5) is 16.0 Å². The lowest BCUT2D eigenvalue weighted by Crippen LogP contribution is -2.42. The zero-order chi connectivity index (χ0) is 28.4. The molecule has 0 spiro atoms. The van der Waals surface area contributed by atoms with Gasteiger partial charge in [-0.2, -0.15) is 4.98 Å². The van der Waals surface area contributed by atoms with Crippen LogP contribution in [0.3, 0.4) is 0 Å². The smallest absolute Gasteiger partial charge is 0.328 e. The zero-order valence-corrected chi connectivity index (χ0v) is 21.9. The van der Waals surface area contributed by atoms with E-state index in [4.69, 9.17) is 15.2 Å². The molecule has 0 saturated carbocycles. The highest BCUT2D eigenvalue weighted by molar-refractivity contribution is 5.97. The second kappa shape index (κ2) is 13.9. The van der Waals surface area contributed by atoms with Crippen LogP contribution in [0.2, 0.25) is 0 Å². The Morgan fingerprint density at radius 2 is 1.79 bits per heavy atom. The number of aromatic nitrogens is 2. The number of nitrogens with zero attached hydrogens (tertiary/aromatic N) is 3. The third-order valence-corrected chi connectivity index (χ3v) is 5.80. The minimum atomic E-state index is -1.02. The van der Waals surface area contributed by atoms with Gasteiger partial charge in [0.15, 0.2) is 0 Å². The molecule has 2 aromatic carbocycles. The number of ether oxygens (including phenoxy) is 2. The standard InChI is InChI=1S/C27H32FN5O6/c1-3-38-23(34)12-11-22(26(37)39-4-2)30-24(35)18-6-8-19(9-7-18)33(14-13-28)16-17-5-10-21-20(15-17)25(36)32-27(29)31-21/h5-10,15,22H,3-4,11-14,16H2,1-2H3,(H,30,35)(H3,29,31,32,36)/t22-/m1/s1. The normalized spacial score (nSPS) is 11.6. The maximum atomic E-state index is 13.4. The van der Waals surface area contributed by atoms with Crippen molar-refractivity contribution in [1.29, 1.82) is 0 Å². The maximum absolute atomic E-state index is 13.4. The molecule has 1 aromatic heterocycles. The van der Waals surface area contributed by atoms with Gasteiger partial charge in [0.2, 0.25) is 11.8 Å². The summed E-state index contributed by atoms with van der Waals surface area (Å²) in [5.41, 5.74) is 7.78. The van der Waals surface area contributed by atoms with Crippen molar-refractivity contribution >= 4 is 40.4 Å². The molecule has 39 heavy (non-hydrogen) atoms. The molecule has 0 saturated heterocycles. The van der Waals surface area contributed by atoms with Crippen molar-refractivity contribution in [2.24, 2.45) is 0 Å². The number of amides is 1. The Bertz CT molecular complexity index is 1300. The van der Waals surface area contributed by atoms with Crippen molar-refractivity contribution < 1.29 is 33.4 Å². The number of aromatic hydroxyl groups is 1. The molecule has 1 amide bonds. The Morgan fingerprint density at radius 1 is 1.08 bits per heavy atom. The van der Waals surface area contributed by atoms with Crippen molar-refractivity contribution in [3.05, 3.63) is 53.6 Å². The summed E-state index contributed by atoms with van der Waals surface area (Å²) >= 11 is 0. The second-order valence-corrected chi connectivity index (χ2v) is 8.54. The fourth-order valence-electron chi connectivity index (χ4n) is 3.95. The van der Waals surface area contributed by atoms with E-state index in [1.165, 1.54) is 0 Å². The first-order valence-corrected chi connectivity index (χ1v) is 12.5. The van der Waals surface area contributed by atoms with Crippen LogP contribution in [0.15, 0.2) is 42.5 Å². The maximum Gasteiger partial charge on any atom is 0.328 e. The number of benzene rings is 2. The van der Waals surface area contributed by atoms with E-state index in [0.29, 0.717) is 23.1 Å². The summed E-state index contributed by atoms with van der Waals surface area (Å²) in [6.45, 7) is 3.46. The minimum Gasteiger partial charge on any atom is -0.493 e. The minimum absolute atomic E-state index is 0.0325. The molecule has 0 aliphatic heterocycles. The van der Waals surface area contributed by atoms with Gasteiger partial charge >= 0.3 is 11.9 Å².